The van der Waals surface area contributed by atoms with Crippen LogP contribution in [0.3, 0.4) is 0 Å². The Labute approximate surface area is 371 Å². The van der Waals surface area contributed by atoms with Crippen molar-refractivity contribution in [3.63, 3.8) is 0 Å². The molecule has 0 saturated heterocycles. The number of aliphatic imine (C=N–C) groups is 3. The smallest absolute Gasteiger partial charge is 0.180 e. The molecule has 0 unspecified atom stereocenters. The first-order chi connectivity index (χ1) is 31.7. The second kappa shape index (κ2) is 15.5. The number of rotatable bonds is 7. The number of nitrogens with zero attached hydrogens (tertiary/aromatic N) is 6. The summed E-state index contributed by atoms with van der Waals surface area (Å²) in [5.41, 5.74) is 11.2. The molecule has 7 nitrogen and oxygen atoms in total. The van der Waals surface area contributed by atoms with E-state index in [1.807, 2.05) is 66.7 Å². The maximum absolute atomic E-state index is 6.39. The van der Waals surface area contributed by atoms with Crippen LogP contribution in [0.4, 0.5) is 0 Å². The zero-order valence-electron chi connectivity index (χ0n) is 34.4. The molecule has 0 N–H and O–H groups in total. The second-order valence-electron chi connectivity index (χ2n) is 15.6. The number of para-hydroxylation sites is 3. The lowest BCUT2D eigenvalue weighted by atomic mass is 10.0. The number of amidine groups is 2. The lowest BCUT2D eigenvalue weighted by molar-refractivity contribution is 0.667. The van der Waals surface area contributed by atoms with Gasteiger partial charge in [0.05, 0.1) is 17.6 Å². The molecular formula is C56H36N6OS. The summed E-state index contributed by atoms with van der Waals surface area (Å²) in [6, 6.07) is 66.7. The van der Waals surface area contributed by atoms with E-state index in [9.17, 15) is 0 Å². The van der Waals surface area contributed by atoms with E-state index in [2.05, 4.69) is 144 Å². The molecule has 12 rings (SSSR count). The summed E-state index contributed by atoms with van der Waals surface area (Å²) in [5.74, 6) is 1.72. The molecule has 0 atom stereocenters. The topological polar surface area (TPSA) is 80.9 Å². The fraction of sp³-hybridized carbons (Fsp3) is 0.0179. The number of fused-ring (bicyclic) bond motifs is 9. The summed E-state index contributed by atoms with van der Waals surface area (Å²) in [7, 11) is 0. The van der Waals surface area contributed by atoms with E-state index >= 15 is 0 Å². The summed E-state index contributed by atoms with van der Waals surface area (Å²) in [5, 5.41) is 5.48. The van der Waals surface area contributed by atoms with Crippen LogP contribution in [-0.4, -0.2) is 32.9 Å². The van der Waals surface area contributed by atoms with Crippen LogP contribution in [0.5, 0.6) is 0 Å². The number of furan rings is 1. The van der Waals surface area contributed by atoms with Gasteiger partial charge in [0, 0.05) is 64.3 Å². The molecule has 12 aromatic rings. The van der Waals surface area contributed by atoms with Crippen molar-refractivity contribution in [3.05, 3.63) is 211 Å². The molecule has 0 amide bonds. The third-order valence-electron chi connectivity index (χ3n) is 11.9. The molecule has 4 aromatic heterocycles. The van der Waals surface area contributed by atoms with Crippen LogP contribution in [0, 0.1) is 0 Å². The van der Waals surface area contributed by atoms with Gasteiger partial charge in [0.15, 0.2) is 23.1 Å². The van der Waals surface area contributed by atoms with Crippen LogP contribution in [0.15, 0.2) is 214 Å². The highest BCUT2D eigenvalue weighted by Gasteiger charge is 2.21. The normalized spacial score (nSPS) is 12.4. The zero-order chi connectivity index (χ0) is 42.6. The molecular weight excluding hydrogens is 805 g/mol. The fourth-order valence-electron chi connectivity index (χ4n) is 8.96. The van der Waals surface area contributed by atoms with Crippen molar-refractivity contribution >= 4 is 93.8 Å². The Balaban J connectivity index is 1.03. The minimum Gasteiger partial charge on any atom is -0.452 e. The van der Waals surface area contributed by atoms with Crippen molar-refractivity contribution in [2.45, 2.75) is 6.54 Å². The van der Waals surface area contributed by atoms with Crippen molar-refractivity contribution in [2.75, 3.05) is 0 Å². The molecule has 0 spiro atoms. The Morgan fingerprint density at radius 1 is 0.578 bits per heavy atom. The third kappa shape index (κ3) is 6.30. The van der Waals surface area contributed by atoms with Gasteiger partial charge in [-0.25, -0.2) is 20.0 Å². The van der Waals surface area contributed by atoms with Gasteiger partial charge in [-0.2, -0.15) is 0 Å². The molecule has 64 heavy (non-hydrogen) atoms. The highest BCUT2D eigenvalue weighted by Crippen LogP contribution is 2.41. The monoisotopic (exact) mass is 840 g/mol. The average Bonchev–Trinajstić information content (AvgIpc) is 4.04. The summed E-state index contributed by atoms with van der Waals surface area (Å²) in [6.45, 7) is 4.35. The molecule has 0 bridgehead atoms. The fourth-order valence-corrected chi connectivity index (χ4v) is 10.1. The number of hydrogen-bond donors (Lipinski definition) is 0. The summed E-state index contributed by atoms with van der Waals surface area (Å²) in [4.78, 5) is 25.4. The maximum Gasteiger partial charge on any atom is 0.180 e. The number of hydrogen-bond acceptors (Lipinski definition) is 5. The first kappa shape index (κ1) is 37.4. The van der Waals surface area contributed by atoms with Gasteiger partial charge in [-0.3, -0.25) is 4.99 Å². The molecule has 0 aliphatic rings. The average molecular weight is 841 g/mol. The van der Waals surface area contributed by atoms with Crippen molar-refractivity contribution in [1.82, 2.24) is 14.5 Å². The van der Waals surface area contributed by atoms with E-state index in [0.717, 1.165) is 86.9 Å². The Bertz CT molecular complexity index is 3830. The van der Waals surface area contributed by atoms with Crippen LogP contribution in [0.25, 0.3) is 92.4 Å². The predicted octanol–water partition coefficient (Wildman–Crippen LogP) is 14.3. The molecule has 4 heterocycles. The highest BCUT2D eigenvalue weighted by molar-refractivity contribution is 7.26. The largest absolute Gasteiger partial charge is 0.452 e. The van der Waals surface area contributed by atoms with E-state index < -0.39 is 0 Å². The number of aromatic nitrogens is 3. The second-order valence-corrected chi connectivity index (χ2v) is 16.7. The van der Waals surface area contributed by atoms with Crippen LogP contribution in [0.2, 0.25) is 0 Å². The third-order valence-corrected chi connectivity index (χ3v) is 13.0. The quantitative estimate of drug-likeness (QED) is 0.118. The molecule has 0 radical (unpaired) electrons. The lowest BCUT2D eigenvalue weighted by Crippen LogP contribution is -2.06. The lowest BCUT2D eigenvalue weighted by Gasteiger charge is -2.09. The van der Waals surface area contributed by atoms with E-state index in [-0.39, 0.29) is 0 Å². The van der Waals surface area contributed by atoms with Crippen LogP contribution < -0.4 is 0 Å². The molecule has 302 valence electrons. The molecule has 0 fully saturated rings. The Kier molecular flexibility index (Phi) is 9.09. The molecule has 8 heteroatoms. The van der Waals surface area contributed by atoms with Crippen LogP contribution >= 0.6 is 11.3 Å². The number of thiophene rings is 1. The van der Waals surface area contributed by atoms with Gasteiger partial charge < -0.3 is 8.98 Å². The van der Waals surface area contributed by atoms with Gasteiger partial charge in [0.2, 0.25) is 0 Å². The Morgan fingerprint density at radius 2 is 1.30 bits per heavy atom. The summed E-state index contributed by atoms with van der Waals surface area (Å²) >= 11 is 1.73. The first-order valence-electron chi connectivity index (χ1n) is 21.1. The van der Waals surface area contributed by atoms with Crippen molar-refractivity contribution in [1.29, 1.82) is 0 Å². The summed E-state index contributed by atoms with van der Waals surface area (Å²) in [6.07, 6.45) is 0. The zero-order valence-corrected chi connectivity index (χ0v) is 35.2. The molecule has 0 saturated carbocycles. The standard InChI is InChI=1S/C56H36N6OS/c1-57-54(36-19-7-3-8-20-36)61-56(58-34-38-21-15-28-45-49(38)40-24-11-13-27-44(40)62(45)39-22-9-4-10-23-39)43-26-16-30-47-50(43)42-32-31-37(33-48(42)64-47)55-59-51(35-17-5-2-6-18-35)53-52(60-55)41-25-12-14-29-46(41)63-53/h2-33H,1,34H2. The van der Waals surface area contributed by atoms with Gasteiger partial charge in [-0.1, -0.05) is 146 Å². The van der Waals surface area contributed by atoms with Gasteiger partial charge in [0.1, 0.15) is 16.8 Å². The van der Waals surface area contributed by atoms with Crippen LogP contribution in [-0.2, 0) is 6.54 Å². The molecule has 0 aliphatic carbocycles. The van der Waals surface area contributed by atoms with E-state index in [1.165, 1.54) is 10.8 Å². The van der Waals surface area contributed by atoms with Crippen molar-refractivity contribution in [3.8, 4) is 28.3 Å². The van der Waals surface area contributed by atoms with Gasteiger partial charge in [-0.05, 0) is 60.8 Å². The van der Waals surface area contributed by atoms with Gasteiger partial charge >= 0.3 is 0 Å². The Hall–Kier alpha value is -8.33. The van der Waals surface area contributed by atoms with Crippen LogP contribution in [0.1, 0.15) is 16.7 Å². The first-order valence-corrected chi connectivity index (χ1v) is 21.9. The maximum atomic E-state index is 6.39. The number of benzene rings is 8. The SMILES string of the molecule is C=NC(=NC(=NCc1cccc2c1c1ccccc1n2-c1ccccc1)c1cccc2sc3cc(-c4nc(-c5ccccc5)c5oc6ccccc6c5n4)ccc3c12)c1ccccc1. The van der Waals surface area contributed by atoms with E-state index in [1.54, 1.807) is 11.3 Å². The van der Waals surface area contributed by atoms with Gasteiger partial charge in [0.25, 0.3) is 0 Å². The molecule has 0 aliphatic heterocycles. The summed E-state index contributed by atoms with van der Waals surface area (Å²) < 4.78 is 11.0. The van der Waals surface area contributed by atoms with E-state index in [4.69, 9.17) is 24.4 Å². The van der Waals surface area contributed by atoms with Gasteiger partial charge in [-0.15, -0.1) is 11.3 Å². The Morgan fingerprint density at radius 3 is 2.12 bits per heavy atom. The minimum atomic E-state index is 0.396. The highest BCUT2D eigenvalue weighted by atomic mass is 32.1. The van der Waals surface area contributed by atoms with Crippen molar-refractivity contribution < 1.29 is 4.42 Å². The van der Waals surface area contributed by atoms with E-state index in [0.29, 0.717) is 29.6 Å². The predicted molar refractivity (Wildman–Crippen MR) is 267 cm³/mol. The van der Waals surface area contributed by atoms with Crippen molar-refractivity contribution in [2.24, 2.45) is 15.0 Å². The minimum absolute atomic E-state index is 0.396. The molecule has 8 aromatic carbocycles.